The molecule has 1 unspecified atom stereocenters. The van der Waals surface area contributed by atoms with E-state index in [4.69, 9.17) is 5.11 Å². The molecule has 0 aliphatic rings. The Balaban J connectivity index is 2.14. The van der Waals surface area contributed by atoms with Crippen molar-refractivity contribution in [2.24, 2.45) is 0 Å². The van der Waals surface area contributed by atoms with Crippen LogP contribution in [-0.4, -0.2) is 35.5 Å². The molecule has 2 heterocycles. The zero-order valence-corrected chi connectivity index (χ0v) is 12.7. The van der Waals surface area contributed by atoms with Crippen molar-refractivity contribution >= 4 is 27.3 Å². The molecule has 0 fully saturated rings. The van der Waals surface area contributed by atoms with Gasteiger partial charge >= 0.3 is 5.97 Å². The summed E-state index contributed by atoms with van der Waals surface area (Å²) in [4.78, 5) is 18.6. The highest BCUT2D eigenvalue weighted by Crippen LogP contribution is 2.20. The van der Waals surface area contributed by atoms with Crippen molar-refractivity contribution in [1.82, 2.24) is 14.7 Å². The number of carboxylic acids is 1. The van der Waals surface area contributed by atoms with E-state index in [2.05, 4.69) is 14.7 Å². The van der Waals surface area contributed by atoms with E-state index in [1.54, 1.807) is 25.3 Å². The number of hydrogen-bond donors (Lipinski definition) is 2. The fourth-order valence-corrected chi connectivity index (χ4v) is 4.16. The minimum absolute atomic E-state index is 0.289. The van der Waals surface area contributed by atoms with Crippen LogP contribution in [0.2, 0.25) is 0 Å². The van der Waals surface area contributed by atoms with Crippen molar-refractivity contribution in [3.05, 3.63) is 41.3 Å². The number of pyridine rings is 1. The summed E-state index contributed by atoms with van der Waals surface area (Å²) in [5.41, 5.74) is 1.48. The summed E-state index contributed by atoms with van der Waals surface area (Å²) < 4.78 is 26.5. The normalized spacial score (nSPS) is 13.0. The Morgan fingerprint density at radius 3 is 2.81 bits per heavy atom. The van der Waals surface area contributed by atoms with E-state index in [0.29, 0.717) is 6.42 Å². The van der Waals surface area contributed by atoms with E-state index in [9.17, 15) is 13.2 Å². The summed E-state index contributed by atoms with van der Waals surface area (Å²) in [7, 11) is -3.91. The van der Waals surface area contributed by atoms with E-state index in [-0.39, 0.29) is 4.21 Å². The fourth-order valence-electron chi connectivity index (χ4n) is 1.76. The highest BCUT2D eigenvalue weighted by Gasteiger charge is 2.27. The van der Waals surface area contributed by atoms with Gasteiger partial charge in [0.15, 0.2) is 9.90 Å². The van der Waals surface area contributed by atoms with Gasteiger partial charge in [0, 0.05) is 24.4 Å². The van der Waals surface area contributed by atoms with Gasteiger partial charge in [0.1, 0.15) is 0 Å². The third kappa shape index (κ3) is 3.84. The number of aromatic nitrogens is 2. The van der Waals surface area contributed by atoms with Crippen LogP contribution < -0.4 is 4.72 Å². The predicted octanol–water partition coefficient (Wildman–Crippen LogP) is 1.15. The molecular weight excluding hydrogens is 314 g/mol. The van der Waals surface area contributed by atoms with Gasteiger partial charge in [-0.3, -0.25) is 4.98 Å². The Kier molecular flexibility index (Phi) is 4.66. The van der Waals surface area contributed by atoms with Gasteiger partial charge < -0.3 is 5.11 Å². The van der Waals surface area contributed by atoms with Crippen LogP contribution in [0.5, 0.6) is 0 Å². The summed E-state index contributed by atoms with van der Waals surface area (Å²) in [5.74, 6) is -1.37. The van der Waals surface area contributed by atoms with Crippen LogP contribution in [0.3, 0.4) is 0 Å². The molecule has 0 saturated carbocycles. The van der Waals surface area contributed by atoms with Crippen LogP contribution in [0.15, 0.2) is 34.1 Å². The molecular formula is C12H13N3O4S2. The lowest BCUT2D eigenvalue weighted by Crippen LogP contribution is -2.34. The summed E-state index contributed by atoms with van der Waals surface area (Å²) in [6.07, 6.45) is 2.03. The molecule has 0 radical (unpaired) electrons. The molecule has 0 amide bonds. The van der Waals surface area contributed by atoms with E-state index >= 15 is 0 Å². The molecule has 0 aliphatic heterocycles. The van der Waals surface area contributed by atoms with Crippen LogP contribution in [0.25, 0.3) is 0 Å². The van der Waals surface area contributed by atoms with Gasteiger partial charge in [-0.05, 0) is 19.1 Å². The van der Waals surface area contributed by atoms with Crippen molar-refractivity contribution in [3.8, 4) is 0 Å². The lowest BCUT2D eigenvalue weighted by Gasteiger charge is -2.13. The molecule has 2 N–H and O–H groups in total. The number of hydrogen-bond acceptors (Lipinski definition) is 6. The summed E-state index contributed by atoms with van der Waals surface area (Å²) >= 11 is 0.775. The Morgan fingerprint density at radius 1 is 1.43 bits per heavy atom. The van der Waals surface area contributed by atoms with Crippen LogP contribution >= 0.6 is 11.3 Å². The second-order valence-corrected chi connectivity index (χ2v) is 7.11. The zero-order chi connectivity index (χ0) is 15.5. The molecule has 1 atom stereocenters. The lowest BCUT2D eigenvalue weighted by molar-refractivity contribution is 0.0687. The number of aromatic carboxylic acids is 1. The number of nitrogens with one attached hydrogen (secondary N) is 1. The Labute approximate surface area is 125 Å². The van der Waals surface area contributed by atoms with Crippen LogP contribution in [0.4, 0.5) is 0 Å². The summed E-state index contributed by atoms with van der Waals surface area (Å²) in [6, 6.07) is 4.96. The maximum Gasteiger partial charge on any atom is 0.356 e. The van der Waals surface area contributed by atoms with Gasteiger partial charge in [-0.1, -0.05) is 6.07 Å². The first kappa shape index (κ1) is 15.5. The highest BCUT2D eigenvalue weighted by molar-refractivity contribution is 7.91. The Hall–Kier alpha value is -1.84. The SMILES string of the molecule is CC(Cc1ccccn1)NS(=O)(=O)c1scnc1C(=O)O. The topological polar surface area (TPSA) is 109 Å². The molecule has 9 heteroatoms. The molecule has 0 bridgehead atoms. The van der Waals surface area contributed by atoms with Crippen molar-refractivity contribution in [2.45, 2.75) is 23.6 Å². The average Bonchev–Trinajstić information content (AvgIpc) is 2.89. The molecule has 0 aliphatic carbocycles. The average molecular weight is 327 g/mol. The molecule has 0 aromatic carbocycles. The monoisotopic (exact) mass is 327 g/mol. The Morgan fingerprint density at radius 2 is 2.19 bits per heavy atom. The summed E-state index contributed by atoms with van der Waals surface area (Å²) in [5, 5.41) is 8.93. The molecule has 7 nitrogen and oxygen atoms in total. The molecule has 21 heavy (non-hydrogen) atoms. The highest BCUT2D eigenvalue weighted by atomic mass is 32.2. The van der Waals surface area contributed by atoms with E-state index in [1.165, 1.54) is 5.51 Å². The first-order valence-electron chi connectivity index (χ1n) is 5.99. The van der Waals surface area contributed by atoms with E-state index in [0.717, 1.165) is 17.0 Å². The first-order valence-corrected chi connectivity index (χ1v) is 8.35. The number of rotatable bonds is 6. The van der Waals surface area contributed by atoms with E-state index in [1.807, 2.05) is 6.07 Å². The van der Waals surface area contributed by atoms with Crippen molar-refractivity contribution in [2.75, 3.05) is 0 Å². The van der Waals surface area contributed by atoms with E-state index < -0.39 is 27.7 Å². The van der Waals surface area contributed by atoms with Gasteiger partial charge in [0.05, 0.1) is 5.51 Å². The van der Waals surface area contributed by atoms with Crippen LogP contribution in [-0.2, 0) is 16.4 Å². The quantitative estimate of drug-likeness (QED) is 0.823. The predicted molar refractivity (Wildman–Crippen MR) is 76.8 cm³/mol. The molecule has 0 saturated heterocycles. The Bertz CT molecular complexity index is 728. The van der Waals surface area contributed by atoms with Crippen LogP contribution in [0, 0.1) is 0 Å². The maximum atomic E-state index is 12.2. The van der Waals surface area contributed by atoms with Crippen molar-refractivity contribution in [3.63, 3.8) is 0 Å². The number of nitrogens with zero attached hydrogens (tertiary/aromatic N) is 2. The summed E-state index contributed by atoms with van der Waals surface area (Å²) in [6.45, 7) is 1.69. The number of carbonyl (C=O) groups is 1. The third-order valence-electron chi connectivity index (χ3n) is 2.58. The first-order chi connectivity index (χ1) is 9.90. The molecule has 0 spiro atoms. The maximum absolute atomic E-state index is 12.2. The van der Waals surface area contributed by atoms with Gasteiger partial charge in [-0.15, -0.1) is 11.3 Å². The number of thiazole rings is 1. The zero-order valence-electron chi connectivity index (χ0n) is 11.1. The molecule has 2 rings (SSSR count). The standard InChI is InChI=1S/C12H13N3O4S2/c1-8(6-9-4-2-3-5-13-9)15-21(18,19)12-10(11(16)17)14-7-20-12/h2-5,7-8,15H,6H2,1H3,(H,16,17). The number of carboxylic acid groups (broad SMARTS) is 1. The van der Waals surface area contributed by atoms with Crippen LogP contribution in [0.1, 0.15) is 23.1 Å². The molecule has 2 aromatic heterocycles. The second kappa shape index (κ2) is 6.29. The van der Waals surface area contributed by atoms with Gasteiger partial charge in [-0.25, -0.2) is 22.9 Å². The minimum Gasteiger partial charge on any atom is -0.476 e. The fraction of sp³-hybridized carbons (Fsp3) is 0.250. The molecule has 112 valence electrons. The largest absolute Gasteiger partial charge is 0.476 e. The van der Waals surface area contributed by atoms with Gasteiger partial charge in [0.25, 0.3) is 10.0 Å². The van der Waals surface area contributed by atoms with Gasteiger partial charge in [-0.2, -0.15) is 0 Å². The number of sulfonamides is 1. The van der Waals surface area contributed by atoms with Crippen molar-refractivity contribution in [1.29, 1.82) is 0 Å². The van der Waals surface area contributed by atoms with Crippen molar-refractivity contribution < 1.29 is 18.3 Å². The van der Waals surface area contributed by atoms with Gasteiger partial charge in [0.2, 0.25) is 0 Å². The second-order valence-electron chi connectivity index (χ2n) is 4.34. The smallest absolute Gasteiger partial charge is 0.356 e. The third-order valence-corrected chi connectivity index (χ3v) is 5.54. The lowest BCUT2D eigenvalue weighted by atomic mass is 10.2. The minimum atomic E-state index is -3.91. The molecule has 2 aromatic rings.